The second-order valence-electron chi connectivity index (χ2n) is 5.61. The van der Waals surface area contributed by atoms with Gasteiger partial charge >= 0.3 is 5.69 Å². The molecule has 3 N–H and O–H groups in total. The maximum Gasteiger partial charge on any atom is 0.307 e. The van der Waals surface area contributed by atoms with Crippen molar-refractivity contribution in [1.29, 1.82) is 0 Å². The van der Waals surface area contributed by atoms with Gasteiger partial charge in [-0.05, 0) is 32.6 Å². The van der Waals surface area contributed by atoms with Gasteiger partial charge in [0.05, 0.1) is 4.92 Å². The summed E-state index contributed by atoms with van der Waals surface area (Å²) < 4.78 is 1.31. The minimum absolute atomic E-state index is 0.0349. The molecule has 0 aromatic carbocycles. The van der Waals surface area contributed by atoms with Gasteiger partial charge in [-0.25, -0.2) is 0 Å². The van der Waals surface area contributed by atoms with E-state index in [-0.39, 0.29) is 17.6 Å². The zero-order valence-electron chi connectivity index (χ0n) is 11.6. The molecule has 1 fully saturated rings. The van der Waals surface area contributed by atoms with Gasteiger partial charge in [-0.3, -0.25) is 19.6 Å². The Morgan fingerprint density at radius 2 is 2.35 bits per heavy atom. The molecule has 1 atom stereocenters. The van der Waals surface area contributed by atoms with Crippen LogP contribution in [0.25, 0.3) is 0 Å². The van der Waals surface area contributed by atoms with E-state index in [0.29, 0.717) is 12.5 Å². The lowest BCUT2D eigenvalue weighted by molar-refractivity contribution is -0.385. The molecule has 110 valence electrons. The Hall–Kier alpha value is -1.96. The third kappa shape index (κ3) is 2.79. The van der Waals surface area contributed by atoms with Crippen molar-refractivity contribution in [2.75, 3.05) is 6.54 Å². The monoisotopic (exact) mass is 281 g/mol. The SMILES string of the molecule is CC(C)(C(=O)NC(CN)C1CC1)n1cc([N+](=O)[O-])cn1. The van der Waals surface area contributed by atoms with Crippen LogP contribution in [-0.2, 0) is 10.3 Å². The largest absolute Gasteiger partial charge is 0.350 e. The molecule has 1 amide bonds. The van der Waals surface area contributed by atoms with Crippen molar-refractivity contribution in [3.05, 3.63) is 22.5 Å². The molecular weight excluding hydrogens is 262 g/mol. The van der Waals surface area contributed by atoms with E-state index in [0.717, 1.165) is 19.0 Å². The van der Waals surface area contributed by atoms with Gasteiger partial charge in [0, 0.05) is 12.6 Å². The number of amides is 1. The molecule has 0 spiro atoms. The maximum atomic E-state index is 12.3. The number of hydrogen-bond acceptors (Lipinski definition) is 5. The van der Waals surface area contributed by atoms with Crippen LogP contribution in [0.1, 0.15) is 26.7 Å². The molecule has 0 radical (unpaired) electrons. The first kappa shape index (κ1) is 14.4. The minimum atomic E-state index is -1.00. The molecule has 1 aliphatic carbocycles. The molecule has 1 aromatic rings. The van der Waals surface area contributed by atoms with Gasteiger partial charge in [0.1, 0.15) is 17.9 Å². The Morgan fingerprint density at radius 3 is 2.80 bits per heavy atom. The van der Waals surface area contributed by atoms with Crippen LogP contribution < -0.4 is 11.1 Å². The Balaban J connectivity index is 2.10. The van der Waals surface area contributed by atoms with Gasteiger partial charge in [-0.2, -0.15) is 5.10 Å². The Kier molecular flexibility index (Phi) is 3.76. The van der Waals surface area contributed by atoms with Gasteiger partial charge in [-0.15, -0.1) is 0 Å². The number of rotatable bonds is 6. The van der Waals surface area contributed by atoms with Crippen molar-refractivity contribution in [3.63, 3.8) is 0 Å². The van der Waals surface area contributed by atoms with Crippen molar-refractivity contribution in [3.8, 4) is 0 Å². The molecule has 1 aromatic heterocycles. The molecule has 0 aliphatic heterocycles. The first-order chi connectivity index (χ1) is 9.36. The number of carbonyl (C=O) groups excluding carboxylic acids is 1. The molecule has 1 aliphatic rings. The molecule has 1 heterocycles. The number of aromatic nitrogens is 2. The summed E-state index contributed by atoms with van der Waals surface area (Å²) in [7, 11) is 0. The van der Waals surface area contributed by atoms with Gasteiger partial charge in [-0.1, -0.05) is 0 Å². The highest BCUT2D eigenvalue weighted by Crippen LogP contribution is 2.32. The molecule has 20 heavy (non-hydrogen) atoms. The summed E-state index contributed by atoms with van der Waals surface area (Å²) in [6.07, 6.45) is 4.55. The van der Waals surface area contributed by atoms with Crippen molar-refractivity contribution in [2.24, 2.45) is 11.7 Å². The number of nitrogens with two attached hydrogens (primary N) is 1. The summed E-state index contributed by atoms with van der Waals surface area (Å²) in [4.78, 5) is 22.5. The zero-order chi connectivity index (χ0) is 14.9. The topological polar surface area (TPSA) is 116 Å². The quantitative estimate of drug-likeness (QED) is 0.577. The number of nitrogens with one attached hydrogen (secondary N) is 1. The predicted octanol–water partition coefficient (Wildman–Crippen LogP) is 0.380. The van der Waals surface area contributed by atoms with E-state index >= 15 is 0 Å². The highest BCUT2D eigenvalue weighted by Gasteiger charge is 2.37. The molecule has 8 nitrogen and oxygen atoms in total. The van der Waals surface area contributed by atoms with Crippen LogP contribution in [0, 0.1) is 16.0 Å². The maximum absolute atomic E-state index is 12.3. The van der Waals surface area contributed by atoms with E-state index in [9.17, 15) is 14.9 Å². The Bertz CT molecular complexity index is 521. The fraction of sp³-hybridized carbons (Fsp3) is 0.667. The highest BCUT2D eigenvalue weighted by atomic mass is 16.6. The van der Waals surface area contributed by atoms with Gasteiger partial charge in [0.25, 0.3) is 0 Å². The lowest BCUT2D eigenvalue weighted by Crippen LogP contribution is -2.51. The first-order valence-electron chi connectivity index (χ1n) is 6.57. The fourth-order valence-corrected chi connectivity index (χ4v) is 2.03. The van der Waals surface area contributed by atoms with Crippen LogP contribution in [0.4, 0.5) is 5.69 Å². The highest BCUT2D eigenvalue weighted by molar-refractivity contribution is 5.83. The lowest BCUT2D eigenvalue weighted by Gasteiger charge is -2.27. The predicted molar refractivity (Wildman–Crippen MR) is 71.9 cm³/mol. The van der Waals surface area contributed by atoms with Crippen molar-refractivity contribution >= 4 is 11.6 Å². The summed E-state index contributed by atoms with van der Waals surface area (Å²) in [6.45, 7) is 3.73. The second kappa shape index (κ2) is 5.20. The van der Waals surface area contributed by atoms with Crippen LogP contribution in [0.5, 0.6) is 0 Å². The summed E-state index contributed by atoms with van der Waals surface area (Å²) in [5.74, 6) is 0.213. The van der Waals surface area contributed by atoms with E-state index in [4.69, 9.17) is 5.73 Å². The van der Waals surface area contributed by atoms with Crippen LogP contribution in [-0.4, -0.2) is 33.2 Å². The number of nitro groups is 1. The standard InChI is InChI=1S/C12H19N5O3/c1-12(2,16-7-9(6-14-16)17(19)20)11(18)15-10(5-13)8-3-4-8/h6-8,10H,3-5,13H2,1-2H3,(H,15,18). The molecule has 0 saturated heterocycles. The molecule has 2 rings (SSSR count). The van der Waals surface area contributed by atoms with Crippen LogP contribution in [0.15, 0.2) is 12.4 Å². The van der Waals surface area contributed by atoms with E-state index < -0.39 is 10.5 Å². The van der Waals surface area contributed by atoms with Crippen molar-refractivity contribution in [1.82, 2.24) is 15.1 Å². The smallest absolute Gasteiger partial charge is 0.307 e. The van der Waals surface area contributed by atoms with Crippen LogP contribution >= 0.6 is 0 Å². The van der Waals surface area contributed by atoms with Gasteiger partial charge in [0.15, 0.2) is 0 Å². The van der Waals surface area contributed by atoms with Crippen LogP contribution in [0.2, 0.25) is 0 Å². The minimum Gasteiger partial charge on any atom is -0.350 e. The van der Waals surface area contributed by atoms with Crippen LogP contribution in [0.3, 0.4) is 0 Å². The first-order valence-corrected chi connectivity index (χ1v) is 6.57. The van der Waals surface area contributed by atoms with E-state index in [1.165, 1.54) is 10.9 Å². The van der Waals surface area contributed by atoms with Gasteiger partial charge in [0.2, 0.25) is 5.91 Å². The number of nitrogens with zero attached hydrogens (tertiary/aromatic N) is 3. The Labute approximate surface area is 116 Å². The summed E-state index contributed by atoms with van der Waals surface area (Å²) >= 11 is 0. The summed E-state index contributed by atoms with van der Waals surface area (Å²) in [5, 5.41) is 17.5. The average Bonchev–Trinajstić information content (AvgIpc) is 3.09. The average molecular weight is 281 g/mol. The third-order valence-electron chi connectivity index (χ3n) is 3.67. The molecule has 1 saturated carbocycles. The number of hydrogen-bond donors (Lipinski definition) is 2. The Morgan fingerprint density at radius 1 is 1.70 bits per heavy atom. The summed E-state index contributed by atoms with van der Waals surface area (Å²) in [6, 6.07) is -0.0349. The fourth-order valence-electron chi connectivity index (χ4n) is 2.03. The normalized spacial score (nSPS) is 16.8. The zero-order valence-corrected chi connectivity index (χ0v) is 11.6. The van der Waals surface area contributed by atoms with Gasteiger partial charge < -0.3 is 11.1 Å². The summed E-state index contributed by atoms with van der Waals surface area (Å²) in [5.41, 5.74) is 4.52. The molecular formula is C12H19N5O3. The molecule has 8 heteroatoms. The van der Waals surface area contributed by atoms with E-state index in [2.05, 4.69) is 10.4 Å². The second-order valence-corrected chi connectivity index (χ2v) is 5.61. The third-order valence-corrected chi connectivity index (χ3v) is 3.67. The molecule has 1 unspecified atom stereocenters. The van der Waals surface area contributed by atoms with E-state index in [1.807, 2.05) is 0 Å². The van der Waals surface area contributed by atoms with Crippen molar-refractivity contribution < 1.29 is 9.72 Å². The lowest BCUT2D eigenvalue weighted by atomic mass is 10.0. The number of carbonyl (C=O) groups is 1. The van der Waals surface area contributed by atoms with E-state index in [1.54, 1.807) is 13.8 Å². The van der Waals surface area contributed by atoms with Crippen molar-refractivity contribution in [2.45, 2.75) is 38.3 Å². The molecule has 0 bridgehead atoms.